The fourth-order valence-electron chi connectivity index (χ4n) is 2.52. The monoisotopic (exact) mass is 359 g/mol. The van der Waals surface area contributed by atoms with E-state index in [1.54, 1.807) is 0 Å². The van der Waals surface area contributed by atoms with Gasteiger partial charge >= 0.3 is 0 Å². The highest BCUT2D eigenvalue weighted by Gasteiger charge is 2.12. The molecule has 1 aromatic rings. The molecule has 0 radical (unpaired) electrons. The summed E-state index contributed by atoms with van der Waals surface area (Å²) in [5.74, 6) is 0.950. The summed E-state index contributed by atoms with van der Waals surface area (Å²) in [6.07, 6.45) is 8.50. The van der Waals surface area contributed by atoms with Crippen LogP contribution in [0.25, 0.3) is 0 Å². The van der Waals surface area contributed by atoms with Crippen LogP contribution in [0.5, 0.6) is 0 Å². The third-order valence-corrected chi connectivity index (χ3v) is 4.67. The van der Waals surface area contributed by atoms with Gasteiger partial charge in [-0.1, -0.05) is 48.0 Å². The molecule has 0 bridgehead atoms. The summed E-state index contributed by atoms with van der Waals surface area (Å²) in [7, 11) is 0. The maximum atomic E-state index is 3.58. The van der Waals surface area contributed by atoms with Crippen molar-refractivity contribution in [3.05, 3.63) is 27.1 Å². The highest BCUT2D eigenvalue weighted by Crippen LogP contribution is 2.28. The van der Waals surface area contributed by atoms with E-state index in [4.69, 9.17) is 0 Å². The van der Waals surface area contributed by atoms with Crippen LogP contribution in [0.15, 0.2) is 27.1 Å². The Labute approximate surface area is 121 Å². The zero-order valence-electron chi connectivity index (χ0n) is 10.0. The third-order valence-electron chi connectivity index (χ3n) is 3.52. The van der Waals surface area contributed by atoms with Crippen molar-refractivity contribution in [2.45, 2.75) is 38.5 Å². The van der Waals surface area contributed by atoms with Gasteiger partial charge in [0.1, 0.15) is 0 Å². The molecule has 0 aromatic heterocycles. The second-order valence-electron chi connectivity index (χ2n) is 4.84. The number of hydrogen-bond acceptors (Lipinski definition) is 1. The molecular formula is C14H19Br2N. The van der Waals surface area contributed by atoms with Crippen molar-refractivity contribution in [3.8, 4) is 0 Å². The van der Waals surface area contributed by atoms with Gasteiger partial charge in [-0.15, -0.1) is 0 Å². The predicted molar refractivity (Wildman–Crippen MR) is 81.5 cm³/mol. The molecule has 0 amide bonds. The first kappa shape index (κ1) is 13.4. The van der Waals surface area contributed by atoms with E-state index in [1.807, 2.05) is 0 Å². The highest BCUT2D eigenvalue weighted by atomic mass is 79.9. The maximum absolute atomic E-state index is 3.58. The molecule has 94 valence electrons. The van der Waals surface area contributed by atoms with Crippen molar-refractivity contribution in [2.24, 2.45) is 5.92 Å². The van der Waals surface area contributed by atoms with Gasteiger partial charge < -0.3 is 5.32 Å². The number of benzene rings is 1. The van der Waals surface area contributed by atoms with E-state index >= 15 is 0 Å². The van der Waals surface area contributed by atoms with E-state index in [9.17, 15) is 0 Å². The average molecular weight is 361 g/mol. The number of rotatable bonds is 4. The standard InChI is InChI=1S/C14H19Br2N/c15-12-6-7-14(13(16)10-12)17-9-8-11-4-2-1-3-5-11/h6-7,10-11,17H,1-5,8-9H2. The molecule has 0 spiro atoms. The van der Waals surface area contributed by atoms with Crippen LogP contribution in [0, 0.1) is 5.92 Å². The summed E-state index contributed by atoms with van der Waals surface area (Å²) in [6.45, 7) is 1.09. The second-order valence-corrected chi connectivity index (χ2v) is 6.61. The van der Waals surface area contributed by atoms with Crippen LogP contribution in [0.3, 0.4) is 0 Å². The summed E-state index contributed by atoms with van der Waals surface area (Å²) in [5.41, 5.74) is 1.20. The molecule has 1 N–H and O–H groups in total. The number of nitrogens with one attached hydrogen (secondary N) is 1. The first-order valence-corrected chi connectivity index (χ1v) is 8.03. The first-order chi connectivity index (χ1) is 8.25. The summed E-state index contributed by atoms with van der Waals surface area (Å²) in [6, 6.07) is 6.28. The molecule has 1 saturated carbocycles. The average Bonchev–Trinajstić information content (AvgIpc) is 2.33. The topological polar surface area (TPSA) is 12.0 Å². The summed E-state index contributed by atoms with van der Waals surface area (Å²) >= 11 is 7.05. The Balaban J connectivity index is 1.77. The molecule has 2 rings (SSSR count). The lowest BCUT2D eigenvalue weighted by Crippen LogP contribution is -2.12. The Morgan fingerprint density at radius 1 is 1.12 bits per heavy atom. The number of hydrogen-bond donors (Lipinski definition) is 1. The molecule has 0 heterocycles. The van der Waals surface area contributed by atoms with Crippen molar-refractivity contribution in [1.29, 1.82) is 0 Å². The van der Waals surface area contributed by atoms with E-state index in [0.717, 1.165) is 21.4 Å². The van der Waals surface area contributed by atoms with E-state index < -0.39 is 0 Å². The zero-order valence-corrected chi connectivity index (χ0v) is 13.2. The Hall–Kier alpha value is -0.0200. The van der Waals surface area contributed by atoms with Crippen molar-refractivity contribution in [2.75, 3.05) is 11.9 Å². The smallest absolute Gasteiger partial charge is 0.0485 e. The molecule has 1 aliphatic carbocycles. The van der Waals surface area contributed by atoms with E-state index in [0.29, 0.717) is 0 Å². The molecule has 0 saturated heterocycles. The van der Waals surface area contributed by atoms with Gasteiger partial charge in [0.15, 0.2) is 0 Å². The van der Waals surface area contributed by atoms with Gasteiger partial charge in [0.2, 0.25) is 0 Å². The fourth-order valence-corrected chi connectivity index (χ4v) is 3.71. The molecule has 1 aromatic carbocycles. The van der Waals surface area contributed by atoms with Crippen LogP contribution in [0.4, 0.5) is 5.69 Å². The molecule has 1 fully saturated rings. The van der Waals surface area contributed by atoms with E-state index in [1.165, 1.54) is 44.2 Å². The zero-order chi connectivity index (χ0) is 12.1. The van der Waals surface area contributed by atoms with Crippen LogP contribution in [0.2, 0.25) is 0 Å². The summed E-state index contributed by atoms with van der Waals surface area (Å²) in [4.78, 5) is 0. The van der Waals surface area contributed by atoms with Crippen molar-refractivity contribution in [3.63, 3.8) is 0 Å². The predicted octanol–water partition coefficient (Wildman–Crippen LogP) is 5.59. The van der Waals surface area contributed by atoms with Gasteiger partial charge in [0.25, 0.3) is 0 Å². The first-order valence-electron chi connectivity index (χ1n) is 6.44. The van der Waals surface area contributed by atoms with Gasteiger partial charge in [-0.2, -0.15) is 0 Å². The van der Waals surface area contributed by atoms with Crippen LogP contribution >= 0.6 is 31.9 Å². The summed E-state index contributed by atoms with van der Waals surface area (Å²) in [5, 5.41) is 3.52. The minimum atomic E-state index is 0.950. The summed E-state index contributed by atoms with van der Waals surface area (Å²) < 4.78 is 2.25. The Kier molecular flexibility index (Phi) is 5.36. The van der Waals surface area contributed by atoms with Gasteiger partial charge in [-0.05, 0) is 46.5 Å². The minimum Gasteiger partial charge on any atom is -0.384 e. The Morgan fingerprint density at radius 3 is 2.59 bits per heavy atom. The van der Waals surface area contributed by atoms with Crippen LogP contribution in [-0.4, -0.2) is 6.54 Å². The lowest BCUT2D eigenvalue weighted by Gasteiger charge is -2.21. The molecule has 1 nitrogen and oxygen atoms in total. The van der Waals surface area contributed by atoms with Gasteiger partial charge in [-0.3, -0.25) is 0 Å². The van der Waals surface area contributed by atoms with Crippen molar-refractivity contribution >= 4 is 37.5 Å². The SMILES string of the molecule is Brc1ccc(NCCC2CCCCC2)c(Br)c1. The lowest BCUT2D eigenvalue weighted by molar-refractivity contribution is 0.345. The van der Waals surface area contributed by atoms with Crippen molar-refractivity contribution < 1.29 is 0 Å². The molecule has 0 atom stereocenters. The highest BCUT2D eigenvalue weighted by molar-refractivity contribution is 9.11. The van der Waals surface area contributed by atoms with E-state index in [-0.39, 0.29) is 0 Å². The Morgan fingerprint density at radius 2 is 1.88 bits per heavy atom. The minimum absolute atomic E-state index is 0.950. The number of halogens is 2. The van der Waals surface area contributed by atoms with Gasteiger partial charge in [0, 0.05) is 21.2 Å². The maximum Gasteiger partial charge on any atom is 0.0485 e. The van der Waals surface area contributed by atoms with Crippen LogP contribution in [-0.2, 0) is 0 Å². The molecule has 0 unspecified atom stereocenters. The third kappa shape index (κ3) is 4.29. The largest absolute Gasteiger partial charge is 0.384 e. The quantitative estimate of drug-likeness (QED) is 0.737. The molecule has 1 aliphatic rings. The molecule has 17 heavy (non-hydrogen) atoms. The Bertz CT molecular complexity index is 359. The molecular weight excluding hydrogens is 342 g/mol. The van der Waals surface area contributed by atoms with Crippen LogP contribution < -0.4 is 5.32 Å². The normalized spacial score (nSPS) is 17.1. The van der Waals surface area contributed by atoms with Gasteiger partial charge in [-0.25, -0.2) is 0 Å². The number of anilines is 1. The fraction of sp³-hybridized carbons (Fsp3) is 0.571. The second kappa shape index (κ2) is 6.79. The molecule has 0 aliphatic heterocycles. The van der Waals surface area contributed by atoms with Gasteiger partial charge in [0.05, 0.1) is 0 Å². The lowest BCUT2D eigenvalue weighted by atomic mass is 9.87. The van der Waals surface area contributed by atoms with Crippen molar-refractivity contribution in [1.82, 2.24) is 0 Å². The van der Waals surface area contributed by atoms with Crippen LogP contribution in [0.1, 0.15) is 38.5 Å². The van der Waals surface area contributed by atoms with E-state index in [2.05, 4.69) is 55.4 Å². The molecule has 3 heteroatoms.